The molecule has 184 valence electrons. The quantitative estimate of drug-likeness (QED) is 0.580. The maximum Gasteiger partial charge on any atom is 0.244 e. The number of ether oxygens (including phenoxy) is 2. The van der Waals surface area contributed by atoms with Crippen molar-refractivity contribution in [1.29, 1.82) is 0 Å². The normalized spacial score (nSPS) is 13.5. The van der Waals surface area contributed by atoms with Crippen molar-refractivity contribution in [2.75, 3.05) is 23.9 Å². The molecule has 0 saturated carbocycles. The van der Waals surface area contributed by atoms with E-state index in [0.29, 0.717) is 11.5 Å². The molecule has 0 spiro atoms. The second-order valence-corrected chi connectivity index (χ2v) is 10.5. The maximum atomic E-state index is 13.5. The van der Waals surface area contributed by atoms with Gasteiger partial charge < -0.3 is 19.7 Å². The fourth-order valence-corrected chi connectivity index (χ4v) is 4.45. The van der Waals surface area contributed by atoms with Gasteiger partial charge in [0.1, 0.15) is 12.6 Å². The van der Waals surface area contributed by atoms with Crippen molar-refractivity contribution < 1.29 is 27.5 Å². The lowest BCUT2D eigenvalue weighted by atomic mass is 10.1. The molecule has 1 atom stereocenters. The van der Waals surface area contributed by atoms with Crippen molar-refractivity contribution in [2.45, 2.75) is 46.3 Å². The molecule has 2 aromatic rings. The van der Waals surface area contributed by atoms with E-state index in [9.17, 15) is 18.0 Å². The summed E-state index contributed by atoms with van der Waals surface area (Å²) in [5.74, 6) is 0.0902. The van der Waals surface area contributed by atoms with Gasteiger partial charge in [-0.2, -0.15) is 0 Å². The second-order valence-electron chi connectivity index (χ2n) is 8.59. The third kappa shape index (κ3) is 5.99. The fraction of sp³-hybridized carbons (Fsp3) is 0.417. The Morgan fingerprint density at radius 2 is 1.74 bits per heavy atom. The summed E-state index contributed by atoms with van der Waals surface area (Å²) >= 11 is 0. The number of sulfonamides is 1. The second kappa shape index (κ2) is 10.3. The van der Waals surface area contributed by atoms with Crippen LogP contribution < -0.4 is 19.1 Å². The van der Waals surface area contributed by atoms with Gasteiger partial charge >= 0.3 is 0 Å². The van der Waals surface area contributed by atoms with Crippen LogP contribution in [0.15, 0.2) is 42.5 Å². The number of anilines is 1. The minimum absolute atomic E-state index is 0.0449. The number of rotatable bonds is 9. The van der Waals surface area contributed by atoms with Gasteiger partial charge in [0.15, 0.2) is 11.5 Å². The van der Waals surface area contributed by atoms with E-state index >= 15 is 0 Å². The van der Waals surface area contributed by atoms with Crippen LogP contribution in [-0.4, -0.2) is 56.8 Å². The summed E-state index contributed by atoms with van der Waals surface area (Å²) in [6, 6.07) is 11.3. The monoisotopic (exact) mass is 489 g/mol. The number of nitrogens with one attached hydrogen (secondary N) is 1. The number of fused-ring (bicyclic) bond motifs is 1. The highest BCUT2D eigenvalue weighted by Crippen LogP contribution is 2.36. The molecule has 1 heterocycles. The van der Waals surface area contributed by atoms with Crippen molar-refractivity contribution in [3.05, 3.63) is 53.6 Å². The van der Waals surface area contributed by atoms with E-state index in [1.54, 1.807) is 19.1 Å². The van der Waals surface area contributed by atoms with Crippen LogP contribution in [0.25, 0.3) is 0 Å². The van der Waals surface area contributed by atoms with Crippen LogP contribution in [-0.2, 0) is 26.2 Å². The molecule has 34 heavy (non-hydrogen) atoms. The molecule has 9 nitrogen and oxygen atoms in total. The number of amides is 2. The molecule has 0 fully saturated rings. The minimum atomic E-state index is -3.82. The molecule has 0 aromatic heterocycles. The average molecular weight is 490 g/mol. The molecule has 10 heteroatoms. The van der Waals surface area contributed by atoms with E-state index in [2.05, 4.69) is 5.32 Å². The molecular weight excluding hydrogens is 458 g/mol. The van der Waals surface area contributed by atoms with Crippen LogP contribution in [0.2, 0.25) is 0 Å². The predicted octanol–water partition coefficient (Wildman–Crippen LogP) is 2.43. The Labute approximate surface area is 200 Å². The zero-order chi connectivity index (χ0) is 25.0. The highest BCUT2D eigenvalue weighted by atomic mass is 32.2. The van der Waals surface area contributed by atoms with Crippen LogP contribution >= 0.6 is 0 Å². The van der Waals surface area contributed by atoms with Crippen LogP contribution in [0, 0.1) is 6.92 Å². The molecular formula is C24H31N3O6S. The van der Waals surface area contributed by atoms with Crippen molar-refractivity contribution >= 4 is 27.5 Å². The van der Waals surface area contributed by atoms with E-state index in [1.807, 2.05) is 45.0 Å². The lowest BCUT2D eigenvalue weighted by Gasteiger charge is -2.32. The molecule has 1 aliphatic rings. The molecule has 0 aliphatic carbocycles. The maximum absolute atomic E-state index is 13.5. The number of benzene rings is 2. The van der Waals surface area contributed by atoms with Gasteiger partial charge in [-0.25, -0.2) is 8.42 Å². The first-order chi connectivity index (χ1) is 16.0. The van der Waals surface area contributed by atoms with E-state index in [-0.39, 0.29) is 31.0 Å². The van der Waals surface area contributed by atoms with E-state index in [4.69, 9.17) is 9.47 Å². The lowest BCUT2D eigenvalue weighted by Crippen LogP contribution is -2.52. The number of hydrogen-bond acceptors (Lipinski definition) is 6. The Kier molecular flexibility index (Phi) is 7.71. The molecule has 0 radical (unpaired) electrons. The van der Waals surface area contributed by atoms with Crippen LogP contribution in [0.1, 0.15) is 31.9 Å². The molecule has 0 bridgehead atoms. The van der Waals surface area contributed by atoms with Crippen LogP contribution in [0.5, 0.6) is 11.5 Å². The highest BCUT2D eigenvalue weighted by molar-refractivity contribution is 7.92. The lowest BCUT2D eigenvalue weighted by molar-refractivity contribution is -0.139. The Balaban J connectivity index is 1.92. The minimum Gasteiger partial charge on any atom is -0.454 e. The van der Waals surface area contributed by atoms with Gasteiger partial charge in [0.05, 0.1) is 11.9 Å². The molecule has 2 amide bonds. The predicted molar refractivity (Wildman–Crippen MR) is 129 cm³/mol. The summed E-state index contributed by atoms with van der Waals surface area (Å²) in [7, 11) is -3.82. The Morgan fingerprint density at radius 1 is 1.06 bits per heavy atom. The van der Waals surface area contributed by atoms with E-state index < -0.39 is 28.5 Å². The van der Waals surface area contributed by atoms with Crippen molar-refractivity contribution in [1.82, 2.24) is 10.2 Å². The van der Waals surface area contributed by atoms with Gasteiger partial charge in [0, 0.05) is 18.7 Å². The average Bonchev–Trinajstić information content (AvgIpc) is 3.23. The molecule has 0 saturated heterocycles. The standard InChI is InChI=1S/C24H31N3O6S/c1-16(2)25-24(29)18(4)26(13-19-9-7-6-8-17(19)3)23(28)14-27(34(5,30)31)20-10-11-21-22(12-20)33-15-32-21/h6-12,16,18H,13-15H2,1-5H3,(H,25,29)/t18-/m0/s1. The molecule has 1 aliphatic heterocycles. The largest absolute Gasteiger partial charge is 0.454 e. The number of nitrogens with zero attached hydrogens (tertiary/aromatic N) is 2. The van der Waals surface area contributed by atoms with Crippen molar-refractivity contribution in [3.63, 3.8) is 0 Å². The molecule has 0 unspecified atom stereocenters. The number of carbonyl (C=O) groups is 2. The number of aryl methyl sites for hydroxylation is 1. The zero-order valence-electron chi connectivity index (χ0n) is 20.1. The SMILES string of the molecule is Cc1ccccc1CN(C(=O)CN(c1ccc2c(c1)OCO2)S(C)(=O)=O)[C@@H](C)C(=O)NC(C)C. The van der Waals surface area contributed by atoms with Crippen LogP contribution in [0.3, 0.4) is 0 Å². The Morgan fingerprint density at radius 3 is 2.38 bits per heavy atom. The highest BCUT2D eigenvalue weighted by Gasteiger charge is 2.31. The number of hydrogen-bond donors (Lipinski definition) is 1. The summed E-state index contributed by atoms with van der Waals surface area (Å²) in [5, 5.41) is 2.83. The van der Waals surface area contributed by atoms with Gasteiger partial charge in [-0.1, -0.05) is 24.3 Å². The topological polar surface area (TPSA) is 105 Å². The van der Waals surface area contributed by atoms with Gasteiger partial charge in [-0.3, -0.25) is 13.9 Å². The van der Waals surface area contributed by atoms with E-state index in [1.165, 1.54) is 11.0 Å². The van der Waals surface area contributed by atoms with Crippen LogP contribution in [0.4, 0.5) is 5.69 Å². The van der Waals surface area contributed by atoms with Gasteiger partial charge in [0.25, 0.3) is 0 Å². The smallest absolute Gasteiger partial charge is 0.244 e. The summed E-state index contributed by atoms with van der Waals surface area (Å²) < 4.78 is 37.0. The summed E-state index contributed by atoms with van der Waals surface area (Å²) in [4.78, 5) is 27.7. The van der Waals surface area contributed by atoms with Gasteiger partial charge in [-0.15, -0.1) is 0 Å². The Hall–Kier alpha value is -3.27. The van der Waals surface area contributed by atoms with Gasteiger partial charge in [-0.05, 0) is 51.0 Å². The number of carbonyl (C=O) groups excluding carboxylic acids is 2. The first kappa shape index (κ1) is 25.4. The zero-order valence-corrected chi connectivity index (χ0v) is 20.9. The van der Waals surface area contributed by atoms with E-state index in [0.717, 1.165) is 21.7 Å². The first-order valence-electron chi connectivity index (χ1n) is 11.0. The summed E-state index contributed by atoms with van der Waals surface area (Å²) in [5.41, 5.74) is 2.11. The molecule has 3 rings (SSSR count). The first-order valence-corrected chi connectivity index (χ1v) is 12.8. The van der Waals surface area contributed by atoms with Crippen molar-refractivity contribution in [3.8, 4) is 11.5 Å². The fourth-order valence-electron chi connectivity index (χ4n) is 3.61. The third-order valence-electron chi connectivity index (χ3n) is 5.52. The Bertz CT molecular complexity index is 1170. The molecule has 1 N–H and O–H groups in total. The van der Waals surface area contributed by atoms with Gasteiger partial charge in [0.2, 0.25) is 28.6 Å². The summed E-state index contributed by atoms with van der Waals surface area (Å²) in [6.45, 7) is 6.97. The molecule has 2 aromatic carbocycles. The third-order valence-corrected chi connectivity index (χ3v) is 6.66. The van der Waals surface area contributed by atoms with Crippen molar-refractivity contribution in [2.24, 2.45) is 0 Å². The summed E-state index contributed by atoms with van der Waals surface area (Å²) in [6.07, 6.45) is 1.03.